The van der Waals surface area contributed by atoms with Crippen LogP contribution in [0.1, 0.15) is 12.8 Å². The van der Waals surface area contributed by atoms with Crippen LogP contribution >= 0.6 is 15.9 Å². The lowest BCUT2D eigenvalue weighted by molar-refractivity contribution is -0.354. The third-order valence-electron chi connectivity index (χ3n) is 4.45. The minimum Gasteiger partial charge on any atom is -0.371 e. The van der Waals surface area contributed by atoms with E-state index in [0.717, 1.165) is 25.9 Å². The summed E-state index contributed by atoms with van der Waals surface area (Å²) in [5.41, 5.74) is 7.71. The van der Waals surface area contributed by atoms with Gasteiger partial charge in [-0.25, -0.2) is 9.38 Å². The Morgan fingerprint density at radius 3 is 2.48 bits per heavy atom. The van der Waals surface area contributed by atoms with E-state index < -0.39 is 0 Å². The summed E-state index contributed by atoms with van der Waals surface area (Å²) in [4.78, 5) is 17.7. The van der Waals surface area contributed by atoms with E-state index in [2.05, 4.69) is 38.0 Å². The maximum Gasteiger partial charge on any atom is 0.314 e. The zero-order valence-corrected chi connectivity index (χ0v) is 15.3. The predicted octanol–water partition coefficient (Wildman–Crippen LogP) is 2.14. The van der Waals surface area contributed by atoms with Crippen LogP contribution in [0.5, 0.6) is 0 Å². The van der Waals surface area contributed by atoms with Gasteiger partial charge in [0.05, 0.1) is 4.47 Å². The third kappa shape index (κ3) is 4.25. The van der Waals surface area contributed by atoms with Crippen LogP contribution < -0.4 is 15.6 Å². The number of nitrogens with one attached hydrogen (secondary N) is 1. The van der Waals surface area contributed by atoms with Gasteiger partial charge in [-0.15, -0.1) is 0 Å². The second-order valence-corrected chi connectivity index (χ2v) is 6.98. The molecule has 25 heavy (non-hydrogen) atoms. The van der Waals surface area contributed by atoms with Crippen LogP contribution in [0, 0.1) is 11.7 Å². The zero-order chi connectivity index (χ0) is 17.8. The second-order valence-electron chi connectivity index (χ2n) is 6.13. The van der Waals surface area contributed by atoms with Crippen LogP contribution in [-0.2, 0) is 4.79 Å². The Hall–Kier alpha value is -2.21. The summed E-state index contributed by atoms with van der Waals surface area (Å²) < 4.78 is 13.6. The molecule has 1 heterocycles. The molecule has 6 heteroatoms. The van der Waals surface area contributed by atoms with Crippen LogP contribution in [0.25, 0.3) is 0 Å². The Morgan fingerprint density at radius 1 is 1.16 bits per heavy atom. The van der Waals surface area contributed by atoms with Gasteiger partial charge in [-0.1, -0.05) is 18.2 Å². The molecule has 130 valence electrons. The number of nitrogens with zero attached hydrogens (tertiary/aromatic N) is 1. The molecule has 0 aromatic heterocycles. The summed E-state index contributed by atoms with van der Waals surface area (Å²) in [7, 11) is 0. The summed E-state index contributed by atoms with van der Waals surface area (Å²) in [6.45, 7) is 1.66. The first kappa shape index (κ1) is 17.6. The average Bonchev–Trinajstić information content (AvgIpc) is 2.65. The van der Waals surface area contributed by atoms with E-state index in [4.69, 9.17) is 5.73 Å². The van der Waals surface area contributed by atoms with E-state index in [-0.39, 0.29) is 23.4 Å². The van der Waals surface area contributed by atoms with Gasteiger partial charge in [-0.2, -0.15) is 0 Å². The first-order valence-electron chi connectivity index (χ1n) is 8.23. The topological polar surface area (TPSA) is 60.3 Å². The Morgan fingerprint density at radius 2 is 1.84 bits per heavy atom. The molecule has 0 aliphatic carbocycles. The van der Waals surface area contributed by atoms with Crippen molar-refractivity contribution in [3.63, 3.8) is 0 Å². The second kappa shape index (κ2) is 7.78. The number of para-hydroxylation sites is 1. The molecule has 4 nitrogen and oxygen atoms in total. The molecule has 3 N–H and O–H groups in total. The normalized spacial score (nSPS) is 16.1. The fourth-order valence-electron chi connectivity index (χ4n) is 3.05. The molecule has 0 amide bonds. The van der Waals surface area contributed by atoms with Crippen LogP contribution in [0.4, 0.5) is 15.8 Å². The van der Waals surface area contributed by atoms with E-state index in [0.29, 0.717) is 10.2 Å². The fourth-order valence-corrected chi connectivity index (χ4v) is 3.43. The SMILES string of the molecule is NC(=[NH+]c1ccc(F)c(Br)c1)C(=O)C1CCN(c2ccccc2)CC1. The van der Waals surface area contributed by atoms with Gasteiger partial charge in [0, 0.05) is 30.8 Å². The smallest absolute Gasteiger partial charge is 0.314 e. The molecular formula is C19H20BrFN3O+. The number of halogens is 2. The summed E-state index contributed by atoms with van der Waals surface area (Å²) >= 11 is 3.12. The molecule has 3 rings (SSSR count). The summed E-state index contributed by atoms with van der Waals surface area (Å²) in [5.74, 6) is -0.412. The van der Waals surface area contributed by atoms with E-state index in [1.165, 1.54) is 11.8 Å². The number of ketones is 1. The van der Waals surface area contributed by atoms with E-state index in [9.17, 15) is 9.18 Å². The Labute approximate surface area is 154 Å². The molecule has 2 aromatic carbocycles. The van der Waals surface area contributed by atoms with E-state index in [1.807, 2.05) is 18.2 Å². The molecule has 0 atom stereocenters. The number of hydrogen-bond acceptors (Lipinski definition) is 2. The molecule has 0 saturated carbocycles. The highest BCUT2D eigenvalue weighted by molar-refractivity contribution is 9.10. The van der Waals surface area contributed by atoms with Gasteiger partial charge in [0.25, 0.3) is 0 Å². The number of carbonyl (C=O) groups excluding carboxylic acids is 1. The maximum atomic E-state index is 13.3. The number of nitrogens with two attached hydrogens (primary N) is 1. The van der Waals surface area contributed by atoms with Gasteiger partial charge in [0.15, 0.2) is 0 Å². The van der Waals surface area contributed by atoms with Crippen LogP contribution in [-0.4, -0.2) is 24.7 Å². The lowest BCUT2D eigenvalue weighted by Crippen LogP contribution is -2.72. The van der Waals surface area contributed by atoms with Crippen molar-refractivity contribution in [2.45, 2.75) is 12.8 Å². The molecule has 0 bridgehead atoms. The maximum absolute atomic E-state index is 13.3. The molecule has 0 unspecified atom stereocenters. The van der Waals surface area contributed by atoms with Crippen molar-refractivity contribution in [1.29, 1.82) is 0 Å². The van der Waals surface area contributed by atoms with Crippen molar-refractivity contribution in [1.82, 2.24) is 0 Å². The van der Waals surface area contributed by atoms with Crippen molar-refractivity contribution in [3.8, 4) is 0 Å². The van der Waals surface area contributed by atoms with Gasteiger partial charge in [-0.3, -0.25) is 10.5 Å². The van der Waals surface area contributed by atoms with Crippen LogP contribution in [0.15, 0.2) is 53.0 Å². The standard InChI is InChI=1S/C19H19BrFN3O/c20-16-12-14(6-7-17(16)21)23-19(22)18(25)13-8-10-24(11-9-13)15-4-2-1-3-5-15/h1-7,12-13H,8-11H2,(H2,22,23)/p+1. The number of hydrogen-bond donors (Lipinski definition) is 2. The molecule has 1 saturated heterocycles. The van der Waals surface area contributed by atoms with Crippen molar-refractivity contribution in [2.24, 2.45) is 11.7 Å². The molecule has 1 aliphatic rings. The highest BCUT2D eigenvalue weighted by Crippen LogP contribution is 2.23. The number of benzene rings is 2. The summed E-state index contributed by atoms with van der Waals surface area (Å²) in [6, 6.07) is 14.6. The molecule has 2 aromatic rings. The summed E-state index contributed by atoms with van der Waals surface area (Å²) in [5, 5.41) is 0. The Kier molecular flexibility index (Phi) is 5.48. The molecule has 1 aliphatic heterocycles. The lowest BCUT2D eigenvalue weighted by Gasteiger charge is -2.32. The first-order valence-corrected chi connectivity index (χ1v) is 9.02. The molecular weight excluding hydrogens is 385 g/mol. The van der Waals surface area contributed by atoms with Crippen LogP contribution in [0.3, 0.4) is 0 Å². The number of Topliss-reactive ketones (excluding diaryl/α,β-unsaturated/α-hetero) is 1. The van der Waals surface area contributed by atoms with Crippen molar-refractivity contribution < 1.29 is 14.2 Å². The fraction of sp³-hybridized carbons (Fsp3) is 0.263. The molecule has 0 spiro atoms. The van der Waals surface area contributed by atoms with E-state index in [1.54, 1.807) is 12.1 Å². The first-order chi connectivity index (χ1) is 12.0. The van der Waals surface area contributed by atoms with Crippen molar-refractivity contribution >= 4 is 38.9 Å². The van der Waals surface area contributed by atoms with Gasteiger partial charge >= 0.3 is 5.84 Å². The third-order valence-corrected chi connectivity index (χ3v) is 5.06. The predicted molar refractivity (Wildman–Crippen MR) is 100 cm³/mol. The van der Waals surface area contributed by atoms with Crippen LogP contribution in [0.2, 0.25) is 0 Å². The van der Waals surface area contributed by atoms with Crippen molar-refractivity contribution in [3.05, 3.63) is 58.8 Å². The van der Waals surface area contributed by atoms with Gasteiger partial charge in [0.2, 0.25) is 5.78 Å². The lowest BCUT2D eigenvalue weighted by atomic mass is 9.91. The Bertz CT molecular complexity index is 787. The largest absolute Gasteiger partial charge is 0.371 e. The number of anilines is 1. The zero-order valence-electron chi connectivity index (χ0n) is 13.7. The average molecular weight is 405 g/mol. The number of piperidine rings is 1. The minimum atomic E-state index is -0.358. The highest BCUT2D eigenvalue weighted by Gasteiger charge is 2.29. The number of rotatable bonds is 4. The van der Waals surface area contributed by atoms with Crippen molar-refractivity contribution in [2.75, 3.05) is 18.0 Å². The van der Waals surface area contributed by atoms with E-state index >= 15 is 0 Å². The number of amidine groups is 1. The van der Waals surface area contributed by atoms with Gasteiger partial charge in [-0.05, 0) is 53.0 Å². The molecule has 1 fully saturated rings. The Balaban J connectivity index is 1.63. The molecule has 0 radical (unpaired) electrons. The summed E-state index contributed by atoms with van der Waals surface area (Å²) in [6.07, 6.45) is 1.53. The van der Waals surface area contributed by atoms with Gasteiger partial charge < -0.3 is 4.90 Å². The minimum absolute atomic E-state index is 0.0758. The van der Waals surface area contributed by atoms with Gasteiger partial charge in [0.1, 0.15) is 11.5 Å². The highest BCUT2D eigenvalue weighted by atomic mass is 79.9. The number of carbonyl (C=O) groups is 1. The monoisotopic (exact) mass is 404 g/mol. The quantitative estimate of drug-likeness (QED) is 0.606.